The van der Waals surface area contributed by atoms with Crippen molar-refractivity contribution in [3.8, 4) is 0 Å². The normalized spacial score (nSPS) is 17.2. The second-order valence-corrected chi connectivity index (χ2v) is 8.21. The molecule has 2 aromatic heterocycles. The molecule has 0 radical (unpaired) electrons. The zero-order valence-corrected chi connectivity index (χ0v) is 16.2. The number of benzene rings is 1. The number of ketones is 1. The number of aliphatic imine (C=N–C) groups is 1. The summed E-state index contributed by atoms with van der Waals surface area (Å²) in [6.45, 7) is 1.53. The lowest BCUT2D eigenvalue weighted by Crippen LogP contribution is -2.19. The summed E-state index contributed by atoms with van der Waals surface area (Å²) >= 11 is 2.69. The van der Waals surface area contributed by atoms with Crippen LogP contribution in [0.2, 0.25) is 0 Å². The number of carbonyl (C=O) groups is 2. The molecule has 1 aliphatic rings. The smallest absolute Gasteiger partial charge is 0.264 e. The van der Waals surface area contributed by atoms with Gasteiger partial charge >= 0.3 is 0 Å². The number of thiazole rings is 1. The molecular formula is C18H15N5O2S2. The molecule has 0 bridgehead atoms. The maximum Gasteiger partial charge on any atom is 0.264 e. The van der Waals surface area contributed by atoms with E-state index in [-0.39, 0.29) is 11.7 Å². The summed E-state index contributed by atoms with van der Waals surface area (Å²) in [6.07, 6.45) is 5.56. The third kappa shape index (κ3) is 3.83. The fourth-order valence-corrected chi connectivity index (χ4v) is 4.46. The summed E-state index contributed by atoms with van der Waals surface area (Å²) in [5, 5.41) is 9.31. The predicted octanol–water partition coefficient (Wildman–Crippen LogP) is 3.05. The first kappa shape index (κ1) is 17.6. The number of nitrogens with zero attached hydrogens (tertiary/aromatic N) is 4. The number of Topliss-reactive ketones (excluding diaryl/α,β-unsaturated/α-hetero) is 1. The molecule has 1 fully saturated rings. The van der Waals surface area contributed by atoms with Crippen molar-refractivity contribution in [2.45, 2.75) is 13.3 Å². The third-order valence-corrected chi connectivity index (χ3v) is 5.71. The van der Waals surface area contributed by atoms with Crippen molar-refractivity contribution in [3.05, 3.63) is 45.4 Å². The maximum atomic E-state index is 12.2. The molecule has 3 heterocycles. The minimum atomic E-state index is -0.193. The molecule has 1 N–H and O–H groups in total. The molecule has 0 spiro atoms. The van der Waals surface area contributed by atoms with Gasteiger partial charge in [-0.15, -0.1) is 11.3 Å². The van der Waals surface area contributed by atoms with E-state index < -0.39 is 0 Å². The van der Waals surface area contributed by atoms with Crippen molar-refractivity contribution in [3.63, 3.8) is 0 Å². The Labute approximate surface area is 163 Å². The first-order chi connectivity index (χ1) is 13.0. The third-order valence-electron chi connectivity index (χ3n) is 3.86. The van der Waals surface area contributed by atoms with Gasteiger partial charge in [-0.1, -0.05) is 0 Å². The fraction of sp³-hybridized carbons (Fsp3) is 0.167. The van der Waals surface area contributed by atoms with E-state index in [9.17, 15) is 9.59 Å². The van der Waals surface area contributed by atoms with E-state index in [0.29, 0.717) is 16.5 Å². The Kier molecular flexibility index (Phi) is 4.63. The Bertz CT molecular complexity index is 1130. The van der Waals surface area contributed by atoms with Crippen molar-refractivity contribution in [2.24, 2.45) is 12.0 Å². The summed E-state index contributed by atoms with van der Waals surface area (Å²) in [7, 11) is 1.88. The van der Waals surface area contributed by atoms with Gasteiger partial charge in [-0.2, -0.15) is 5.10 Å². The van der Waals surface area contributed by atoms with Gasteiger partial charge in [0.15, 0.2) is 5.17 Å². The number of rotatable bonds is 4. The molecule has 1 aromatic carbocycles. The molecule has 9 heteroatoms. The quantitative estimate of drug-likeness (QED) is 0.684. The number of nitrogens with one attached hydrogen (secondary N) is 1. The van der Waals surface area contributed by atoms with Gasteiger partial charge in [0.2, 0.25) is 0 Å². The summed E-state index contributed by atoms with van der Waals surface area (Å²) < 4.78 is 1.78. The van der Waals surface area contributed by atoms with Crippen LogP contribution in [-0.2, 0) is 23.1 Å². The van der Waals surface area contributed by atoms with Gasteiger partial charge in [0.1, 0.15) is 10.8 Å². The summed E-state index contributed by atoms with van der Waals surface area (Å²) in [5.74, 6) is -0.127. The Hall–Kier alpha value is -2.78. The van der Waals surface area contributed by atoms with Crippen LogP contribution in [0.15, 0.2) is 40.5 Å². The number of hydrogen-bond acceptors (Lipinski definition) is 7. The Morgan fingerprint density at radius 2 is 2.22 bits per heavy atom. The van der Waals surface area contributed by atoms with Gasteiger partial charge in [-0.3, -0.25) is 14.3 Å². The minimum Gasteiger partial charge on any atom is -0.300 e. The van der Waals surface area contributed by atoms with Crippen molar-refractivity contribution in [1.29, 1.82) is 0 Å². The van der Waals surface area contributed by atoms with Crippen molar-refractivity contribution in [1.82, 2.24) is 20.1 Å². The van der Waals surface area contributed by atoms with Crippen LogP contribution in [0.25, 0.3) is 17.0 Å². The van der Waals surface area contributed by atoms with E-state index in [1.807, 2.05) is 25.2 Å². The van der Waals surface area contributed by atoms with E-state index in [0.717, 1.165) is 26.5 Å². The summed E-state index contributed by atoms with van der Waals surface area (Å²) in [4.78, 5) is 33.5. The number of hydrogen-bond donors (Lipinski definition) is 1. The van der Waals surface area contributed by atoms with Crippen LogP contribution in [-0.4, -0.2) is 31.6 Å². The lowest BCUT2D eigenvalue weighted by molar-refractivity contribution is -0.116. The molecule has 0 atom stereocenters. The number of fused-ring (bicyclic) bond motifs is 1. The highest BCUT2D eigenvalue weighted by Gasteiger charge is 2.24. The monoisotopic (exact) mass is 397 g/mol. The van der Waals surface area contributed by atoms with Crippen LogP contribution >= 0.6 is 23.1 Å². The van der Waals surface area contributed by atoms with E-state index in [4.69, 9.17) is 0 Å². The molecule has 1 amide bonds. The summed E-state index contributed by atoms with van der Waals surface area (Å²) in [6, 6.07) is 5.78. The molecule has 7 nitrogen and oxygen atoms in total. The second kappa shape index (κ2) is 7.09. The molecule has 0 unspecified atom stereocenters. The highest BCUT2D eigenvalue weighted by Crippen LogP contribution is 2.30. The largest absolute Gasteiger partial charge is 0.300 e. The number of carbonyl (C=O) groups excluding carboxylic acids is 2. The molecule has 1 saturated heterocycles. The molecule has 3 aromatic rings. The van der Waals surface area contributed by atoms with Crippen LogP contribution in [0.5, 0.6) is 0 Å². The zero-order chi connectivity index (χ0) is 19.0. The lowest BCUT2D eigenvalue weighted by atomic mass is 10.2. The van der Waals surface area contributed by atoms with Crippen molar-refractivity contribution < 1.29 is 9.59 Å². The SMILES string of the molecule is CC(=O)Cc1ncc(/C=C2\SC(=Nc3ccc4cnn(C)c4c3)NC2=O)s1. The first-order valence-corrected chi connectivity index (χ1v) is 9.77. The minimum absolute atomic E-state index is 0.0661. The second-order valence-electron chi connectivity index (χ2n) is 6.03. The van der Waals surface area contributed by atoms with Crippen molar-refractivity contribution in [2.75, 3.05) is 0 Å². The van der Waals surface area contributed by atoms with Gasteiger partial charge in [-0.25, -0.2) is 9.98 Å². The number of amidine groups is 1. The highest BCUT2D eigenvalue weighted by atomic mass is 32.2. The van der Waals surface area contributed by atoms with Crippen molar-refractivity contribution >= 4 is 62.6 Å². The molecule has 1 aliphatic heterocycles. The van der Waals surface area contributed by atoms with Gasteiger partial charge in [-0.05, 0) is 43.0 Å². The topological polar surface area (TPSA) is 89.2 Å². The number of aromatic nitrogens is 3. The molecule has 4 rings (SSSR count). The number of thioether (sulfide) groups is 1. The maximum absolute atomic E-state index is 12.2. The van der Waals surface area contributed by atoms with Crippen LogP contribution in [0.1, 0.15) is 16.8 Å². The Balaban J connectivity index is 1.55. The molecule has 27 heavy (non-hydrogen) atoms. The standard InChI is InChI=1S/C18H15N5O2S2/c1-10(24)5-16-19-9-13(26-16)7-15-17(25)22-18(27-15)21-12-4-3-11-8-20-23(2)14(11)6-12/h3-4,6-9H,5H2,1-2H3,(H,21,22,25)/b15-7-. The average Bonchev–Trinajstić information content (AvgIpc) is 3.29. The fourth-order valence-electron chi connectivity index (χ4n) is 2.61. The molecular weight excluding hydrogens is 382 g/mol. The van der Waals surface area contributed by atoms with Crippen LogP contribution in [0.3, 0.4) is 0 Å². The van der Waals surface area contributed by atoms with E-state index >= 15 is 0 Å². The number of aryl methyl sites for hydroxylation is 1. The Morgan fingerprint density at radius 3 is 3.04 bits per heavy atom. The van der Waals surface area contributed by atoms with Gasteiger partial charge in [0.25, 0.3) is 5.91 Å². The summed E-state index contributed by atoms with van der Waals surface area (Å²) in [5.41, 5.74) is 1.72. The first-order valence-electron chi connectivity index (χ1n) is 8.13. The van der Waals surface area contributed by atoms with E-state index in [2.05, 4.69) is 20.4 Å². The van der Waals surface area contributed by atoms with E-state index in [1.165, 1.54) is 30.0 Å². The van der Waals surface area contributed by atoms with Crippen LogP contribution in [0.4, 0.5) is 5.69 Å². The average molecular weight is 397 g/mol. The van der Waals surface area contributed by atoms with Crippen LogP contribution < -0.4 is 5.32 Å². The lowest BCUT2D eigenvalue weighted by Gasteiger charge is -1.98. The van der Waals surface area contributed by atoms with Gasteiger partial charge in [0, 0.05) is 23.5 Å². The number of amides is 1. The van der Waals surface area contributed by atoms with Crippen LogP contribution in [0, 0.1) is 0 Å². The highest BCUT2D eigenvalue weighted by molar-refractivity contribution is 8.18. The molecule has 136 valence electrons. The Morgan fingerprint density at radius 1 is 1.37 bits per heavy atom. The van der Waals surface area contributed by atoms with E-state index in [1.54, 1.807) is 23.2 Å². The molecule has 0 aliphatic carbocycles. The van der Waals surface area contributed by atoms with Gasteiger partial charge < -0.3 is 5.32 Å². The zero-order valence-electron chi connectivity index (χ0n) is 14.6. The van der Waals surface area contributed by atoms with Gasteiger partial charge in [0.05, 0.1) is 28.7 Å². The predicted molar refractivity (Wildman–Crippen MR) is 108 cm³/mol. The molecule has 0 saturated carbocycles.